The number of carbonyl (C=O) groups is 2. The van der Waals surface area contributed by atoms with Crippen molar-refractivity contribution in [3.63, 3.8) is 0 Å². The molecule has 0 fully saturated rings. The van der Waals surface area contributed by atoms with Crippen LogP contribution in [0.4, 0.5) is 0 Å². The summed E-state index contributed by atoms with van der Waals surface area (Å²) in [4.78, 5) is 25.0. The van der Waals surface area contributed by atoms with Gasteiger partial charge in [0, 0.05) is 9.75 Å². The number of nitrogens with one attached hydrogen (secondary N) is 1. The van der Waals surface area contributed by atoms with Crippen molar-refractivity contribution in [2.45, 2.75) is 25.3 Å². The first-order valence-corrected chi connectivity index (χ1v) is 7.93. The van der Waals surface area contributed by atoms with Crippen LogP contribution < -0.4 is 5.32 Å². The minimum atomic E-state index is -0.924. The highest BCUT2D eigenvalue weighted by Crippen LogP contribution is 2.25. The van der Waals surface area contributed by atoms with E-state index in [-0.39, 0.29) is 18.2 Å². The summed E-state index contributed by atoms with van der Waals surface area (Å²) >= 11 is 2.97. The van der Waals surface area contributed by atoms with Crippen LogP contribution in [-0.2, 0) is 9.59 Å². The van der Waals surface area contributed by atoms with Gasteiger partial charge >= 0.3 is 5.97 Å². The first-order valence-electron chi connectivity index (χ1n) is 6.17. The molecule has 2 unspecified atom stereocenters. The molecule has 0 aliphatic rings. The van der Waals surface area contributed by atoms with Gasteiger partial charge in [-0.3, -0.25) is 9.59 Å². The zero-order valence-corrected chi connectivity index (χ0v) is 12.5. The smallest absolute Gasteiger partial charge is 0.305 e. The van der Waals surface area contributed by atoms with E-state index in [1.54, 1.807) is 0 Å². The molecule has 0 bridgehead atoms. The summed E-state index contributed by atoms with van der Waals surface area (Å²) in [6, 6.07) is 7.03. The molecule has 2 aromatic rings. The summed E-state index contributed by atoms with van der Waals surface area (Å²) in [5.74, 6) is -1.34. The average Bonchev–Trinajstić information content (AvgIpc) is 3.09. The predicted molar refractivity (Wildman–Crippen MR) is 80.2 cm³/mol. The van der Waals surface area contributed by atoms with E-state index in [2.05, 4.69) is 5.32 Å². The molecule has 0 spiro atoms. The van der Waals surface area contributed by atoms with Crippen LogP contribution in [0.25, 0.3) is 0 Å². The first kappa shape index (κ1) is 14.7. The minimum Gasteiger partial charge on any atom is -0.481 e. The standard InChI is InChI=1S/C14H15NO3S2/c1-9(11-4-2-6-19-11)14(18)15-10(8-13(16)17)12-5-3-7-20-12/h2-7,9-10H,8H2,1H3,(H,15,18)(H,16,17). The lowest BCUT2D eigenvalue weighted by Crippen LogP contribution is -2.32. The van der Waals surface area contributed by atoms with Gasteiger partial charge in [0.05, 0.1) is 18.4 Å². The molecule has 0 aliphatic heterocycles. The normalized spacial score (nSPS) is 13.7. The number of carboxylic acids is 1. The number of hydrogen-bond donors (Lipinski definition) is 2. The Bertz CT molecular complexity index is 563. The van der Waals surface area contributed by atoms with E-state index < -0.39 is 12.0 Å². The number of hydrogen-bond acceptors (Lipinski definition) is 4. The van der Waals surface area contributed by atoms with Crippen molar-refractivity contribution in [3.05, 3.63) is 44.8 Å². The summed E-state index contributed by atoms with van der Waals surface area (Å²) in [6.07, 6.45) is -0.108. The van der Waals surface area contributed by atoms with Crippen molar-refractivity contribution < 1.29 is 14.7 Å². The lowest BCUT2D eigenvalue weighted by molar-refractivity contribution is -0.137. The second-order valence-corrected chi connectivity index (χ2v) is 6.37. The van der Waals surface area contributed by atoms with Gasteiger partial charge in [-0.15, -0.1) is 22.7 Å². The zero-order valence-electron chi connectivity index (χ0n) is 10.9. The average molecular weight is 309 g/mol. The molecule has 2 aromatic heterocycles. The Morgan fingerprint density at radius 3 is 2.30 bits per heavy atom. The molecule has 1 amide bonds. The summed E-state index contributed by atoms with van der Waals surface area (Å²) in [5.41, 5.74) is 0. The van der Waals surface area contributed by atoms with Crippen molar-refractivity contribution in [3.8, 4) is 0 Å². The van der Waals surface area contributed by atoms with Crippen molar-refractivity contribution in [1.82, 2.24) is 5.32 Å². The molecule has 2 rings (SSSR count). The third kappa shape index (κ3) is 3.68. The summed E-state index contributed by atoms with van der Waals surface area (Å²) in [5, 5.41) is 15.6. The van der Waals surface area contributed by atoms with Crippen LogP contribution in [0.3, 0.4) is 0 Å². The van der Waals surface area contributed by atoms with E-state index in [1.165, 1.54) is 22.7 Å². The van der Waals surface area contributed by atoms with Crippen molar-refractivity contribution in [2.24, 2.45) is 0 Å². The van der Waals surface area contributed by atoms with Crippen molar-refractivity contribution >= 4 is 34.6 Å². The van der Waals surface area contributed by atoms with Crippen LogP contribution in [-0.4, -0.2) is 17.0 Å². The largest absolute Gasteiger partial charge is 0.481 e. The van der Waals surface area contributed by atoms with E-state index in [0.29, 0.717) is 0 Å². The van der Waals surface area contributed by atoms with Crippen molar-refractivity contribution in [1.29, 1.82) is 0 Å². The maximum absolute atomic E-state index is 12.2. The van der Waals surface area contributed by atoms with Gasteiger partial charge in [-0.05, 0) is 29.8 Å². The molecule has 2 heterocycles. The second kappa shape index (κ2) is 6.67. The Morgan fingerprint density at radius 1 is 1.20 bits per heavy atom. The molecule has 20 heavy (non-hydrogen) atoms. The number of aliphatic carboxylic acids is 1. The topological polar surface area (TPSA) is 66.4 Å². The van der Waals surface area contributed by atoms with E-state index in [9.17, 15) is 9.59 Å². The third-order valence-electron chi connectivity index (χ3n) is 2.95. The van der Waals surface area contributed by atoms with Gasteiger partial charge < -0.3 is 10.4 Å². The fourth-order valence-corrected chi connectivity index (χ4v) is 3.41. The SMILES string of the molecule is CC(C(=O)NC(CC(=O)O)c1cccs1)c1cccs1. The number of amides is 1. The van der Waals surface area contributed by atoms with Crippen molar-refractivity contribution in [2.75, 3.05) is 0 Å². The molecule has 2 atom stereocenters. The maximum atomic E-state index is 12.2. The fourth-order valence-electron chi connectivity index (χ4n) is 1.85. The lowest BCUT2D eigenvalue weighted by atomic mass is 10.1. The maximum Gasteiger partial charge on any atom is 0.305 e. The fraction of sp³-hybridized carbons (Fsp3) is 0.286. The zero-order chi connectivity index (χ0) is 14.5. The molecule has 0 aromatic carbocycles. The van der Waals surface area contributed by atoms with Gasteiger partial charge in [0.25, 0.3) is 0 Å². The quantitative estimate of drug-likeness (QED) is 0.861. The molecule has 2 N–H and O–H groups in total. The third-order valence-corrected chi connectivity index (χ3v) is 4.99. The van der Waals surface area contributed by atoms with E-state index >= 15 is 0 Å². The molecule has 106 valence electrons. The summed E-state index contributed by atoms with van der Waals surface area (Å²) < 4.78 is 0. The first-order chi connectivity index (χ1) is 9.58. The highest BCUT2D eigenvalue weighted by Gasteiger charge is 2.23. The van der Waals surface area contributed by atoms with Crippen LogP contribution >= 0.6 is 22.7 Å². The number of carboxylic acid groups (broad SMARTS) is 1. The molecular weight excluding hydrogens is 294 g/mol. The molecule has 0 saturated carbocycles. The van der Waals surface area contributed by atoms with Crippen LogP contribution in [0.15, 0.2) is 35.0 Å². The van der Waals surface area contributed by atoms with E-state index in [1.807, 2.05) is 41.9 Å². The number of rotatable bonds is 6. The monoisotopic (exact) mass is 309 g/mol. The molecule has 0 aliphatic carbocycles. The second-order valence-electron chi connectivity index (χ2n) is 4.41. The lowest BCUT2D eigenvalue weighted by Gasteiger charge is -2.18. The van der Waals surface area contributed by atoms with Crippen LogP contribution in [0.1, 0.15) is 35.1 Å². The highest BCUT2D eigenvalue weighted by atomic mass is 32.1. The van der Waals surface area contributed by atoms with Gasteiger partial charge in [-0.2, -0.15) is 0 Å². The molecular formula is C14H15NO3S2. The Kier molecular flexibility index (Phi) is 4.92. The van der Waals surface area contributed by atoms with Gasteiger partial charge in [-0.1, -0.05) is 12.1 Å². The highest BCUT2D eigenvalue weighted by molar-refractivity contribution is 7.10. The summed E-state index contributed by atoms with van der Waals surface area (Å²) in [7, 11) is 0. The Morgan fingerprint density at radius 2 is 1.80 bits per heavy atom. The summed E-state index contributed by atoms with van der Waals surface area (Å²) in [6.45, 7) is 1.83. The molecule has 4 nitrogen and oxygen atoms in total. The number of carbonyl (C=O) groups excluding carboxylic acids is 1. The molecule has 6 heteroatoms. The van der Waals surface area contributed by atoms with Crippen LogP contribution in [0.5, 0.6) is 0 Å². The van der Waals surface area contributed by atoms with Gasteiger partial charge in [-0.25, -0.2) is 0 Å². The predicted octanol–water partition coefficient (Wildman–Crippen LogP) is 3.25. The van der Waals surface area contributed by atoms with E-state index in [4.69, 9.17) is 5.11 Å². The van der Waals surface area contributed by atoms with E-state index in [0.717, 1.165) is 9.75 Å². The van der Waals surface area contributed by atoms with Gasteiger partial charge in [0.15, 0.2) is 0 Å². The Labute approximate surface area is 125 Å². The van der Waals surface area contributed by atoms with Crippen LogP contribution in [0, 0.1) is 0 Å². The van der Waals surface area contributed by atoms with Gasteiger partial charge in [0.2, 0.25) is 5.91 Å². The Balaban J connectivity index is 2.07. The van der Waals surface area contributed by atoms with Crippen LogP contribution in [0.2, 0.25) is 0 Å². The Hall–Kier alpha value is -1.66. The molecule has 0 radical (unpaired) electrons. The molecule has 0 saturated heterocycles. The number of thiophene rings is 2. The van der Waals surface area contributed by atoms with Gasteiger partial charge in [0.1, 0.15) is 0 Å². The minimum absolute atomic E-state index is 0.108.